The molecule has 0 saturated carbocycles. The third-order valence-corrected chi connectivity index (χ3v) is 6.21. The Morgan fingerprint density at radius 1 is 1.23 bits per heavy atom. The molecule has 1 aliphatic heterocycles. The molecule has 3 heterocycles. The molecule has 0 bridgehead atoms. The first-order chi connectivity index (χ1) is 14.4. The van der Waals surface area contributed by atoms with Crippen molar-refractivity contribution >= 4 is 23.3 Å². The van der Waals surface area contributed by atoms with Gasteiger partial charge in [0, 0.05) is 0 Å². The Morgan fingerprint density at radius 3 is 2.67 bits per heavy atom. The van der Waals surface area contributed by atoms with Gasteiger partial charge in [0.15, 0.2) is 0 Å². The van der Waals surface area contributed by atoms with Gasteiger partial charge < -0.3 is 9.73 Å². The summed E-state index contributed by atoms with van der Waals surface area (Å²) in [5.41, 5.74) is -0.0868. The number of benzene rings is 1. The minimum Gasteiger partial charge on any atom is -0.440 e. The van der Waals surface area contributed by atoms with Gasteiger partial charge in [0.2, 0.25) is 5.89 Å². The lowest BCUT2D eigenvalue weighted by Crippen LogP contribution is -2.44. The highest BCUT2D eigenvalue weighted by Gasteiger charge is 2.52. The second-order valence-electron chi connectivity index (χ2n) is 7.34. The smallest absolute Gasteiger partial charge is 0.325 e. The molecule has 1 atom stereocenters. The Hall–Kier alpha value is -3.00. The minimum absolute atomic E-state index is 0.0143. The molecule has 30 heavy (non-hydrogen) atoms. The number of imide groups is 1. The molecule has 1 aliphatic rings. The summed E-state index contributed by atoms with van der Waals surface area (Å²) < 4.78 is 19.2. The van der Waals surface area contributed by atoms with Gasteiger partial charge in [-0.05, 0) is 42.5 Å². The number of unbranched alkanes of at least 4 members (excludes halogenated alkanes) is 1. The zero-order valence-electron chi connectivity index (χ0n) is 16.8. The number of carbonyl (C=O) groups is 2. The van der Waals surface area contributed by atoms with E-state index in [4.69, 9.17) is 4.42 Å². The normalized spacial score (nSPS) is 18.8. The van der Waals surface area contributed by atoms with Crippen molar-refractivity contribution in [3.05, 3.63) is 64.6 Å². The molecule has 1 N–H and O–H groups in total. The Balaban J connectivity index is 1.64. The number of aromatic nitrogens is 1. The standard InChI is InChI=1S/C22H22FN3O3S/c1-3-4-11-22(15-7-9-16(23)10-8-15)20(27)26(21(28)25-22)13-17-14(2)29-19(24-17)18-6-5-12-30-18/h5-10,12H,3-4,11,13H2,1-2H3,(H,25,28). The Bertz CT molecular complexity index is 1060. The van der Waals surface area contributed by atoms with Gasteiger partial charge in [-0.1, -0.05) is 38.0 Å². The molecule has 156 valence electrons. The van der Waals surface area contributed by atoms with Gasteiger partial charge >= 0.3 is 6.03 Å². The summed E-state index contributed by atoms with van der Waals surface area (Å²) >= 11 is 1.50. The highest BCUT2D eigenvalue weighted by molar-refractivity contribution is 7.13. The second-order valence-corrected chi connectivity index (χ2v) is 8.28. The van der Waals surface area contributed by atoms with Gasteiger partial charge in [-0.2, -0.15) is 0 Å². The maximum absolute atomic E-state index is 13.5. The van der Waals surface area contributed by atoms with Crippen molar-refractivity contribution in [2.75, 3.05) is 0 Å². The summed E-state index contributed by atoms with van der Waals surface area (Å²) in [6.07, 6.45) is 2.04. The van der Waals surface area contributed by atoms with Gasteiger partial charge in [0.1, 0.15) is 22.8 Å². The number of hydrogen-bond donors (Lipinski definition) is 1. The molecule has 3 amide bonds. The minimum atomic E-state index is -1.20. The molecule has 1 fully saturated rings. The average molecular weight is 428 g/mol. The van der Waals surface area contributed by atoms with Crippen LogP contribution in [0.2, 0.25) is 0 Å². The molecular weight excluding hydrogens is 405 g/mol. The molecule has 0 radical (unpaired) electrons. The van der Waals surface area contributed by atoms with Crippen LogP contribution in [0.5, 0.6) is 0 Å². The fourth-order valence-electron chi connectivity index (χ4n) is 3.69. The van der Waals surface area contributed by atoms with Crippen molar-refractivity contribution in [3.63, 3.8) is 0 Å². The van der Waals surface area contributed by atoms with Crippen LogP contribution in [0.1, 0.15) is 43.2 Å². The fraction of sp³-hybridized carbons (Fsp3) is 0.318. The molecule has 3 aromatic rings. The van der Waals surface area contributed by atoms with Crippen LogP contribution in [-0.4, -0.2) is 21.8 Å². The van der Waals surface area contributed by atoms with Crippen LogP contribution in [0, 0.1) is 12.7 Å². The van der Waals surface area contributed by atoms with Crippen molar-refractivity contribution in [3.8, 4) is 10.8 Å². The van der Waals surface area contributed by atoms with Crippen molar-refractivity contribution < 1.29 is 18.4 Å². The summed E-state index contributed by atoms with van der Waals surface area (Å²) in [6.45, 7) is 3.80. The zero-order chi connectivity index (χ0) is 21.3. The molecule has 0 aliphatic carbocycles. The van der Waals surface area contributed by atoms with Gasteiger partial charge in [0.25, 0.3) is 5.91 Å². The zero-order valence-corrected chi connectivity index (χ0v) is 17.6. The SMILES string of the molecule is CCCCC1(c2ccc(F)cc2)NC(=O)N(Cc2nc(-c3cccs3)oc2C)C1=O. The molecule has 1 unspecified atom stereocenters. The molecular formula is C22H22FN3O3S. The number of hydrogen-bond acceptors (Lipinski definition) is 5. The number of thiophene rings is 1. The highest BCUT2D eigenvalue weighted by Crippen LogP contribution is 2.35. The van der Waals surface area contributed by atoms with E-state index in [0.29, 0.717) is 29.3 Å². The van der Waals surface area contributed by atoms with Crippen LogP contribution in [-0.2, 0) is 16.9 Å². The first-order valence-corrected chi connectivity index (χ1v) is 10.7. The third-order valence-electron chi connectivity index (χ3n) is 5.35. The van der Waals surface area contributed by atoms with Crippen molar-refractivity contribution in [1.29, 1.82) is 0 Å². The van der Waals surface area contributed by atoms with E-state index in [9.17, 15) is 14.0 Å². The van der Waals surface area contributed by atoms with E-state index in [1.165, 1.54) is 28.4 Å². The molecule has 2 aromatic heterocycles. The quantitative estimate of drug-likeness (QED) is 0.539. The predicted octanol–water partition coefficient (Wildman–Crippen LogP) is 4.99. The lowest BCUT2D eigenvalue weighted by Gasteiger charge is -2.27. The Kier molecular flexibility index (Phi) is 5.42. The van der Waals surface area contributed by atoms with Crippen molar-refractivity contribution in [2.24, 2.45) is 0 Å². The van der Waals surface area contributed by atoms with Crippen molar-refractivity contribution in [2.45, 2.75) is 45.2 Å². The maximum atomic E-state index is 13.5. The number of urea groups is 1. The number of carbonyl (C=O) groups excluding carboxylic acids is 2. The monoisotopic (exact) mass is 427 g/mol. The van der Waals surface area contributed by atoms with E-state index < -0.39 is 17.4 Å². The Morgan fingerprint density at radius 2 is 2.00 bits per heavy atom. The number of halogens is 1. The lowest BCUT2D eigenvalue weighted by atomic mass is 9.84. The van der Waals surface area contributed by atoms with Crippen LogP contribution in [0.4, 0.5) is 9.18 Å². The molecule has 8 heteroatoms. The van der Waals surface area contributed by atoms with Gasteiger partial charge in [-0.25, -0.2) is 14.2 Å². The topological polar surface area (TPSA) is 75.4 Å². The van der Waals surface area contributed by atoms with Crippen LogP contribution in [0.15, 0.2) is 46.2 Å². The molecule has 1 aromatic carbocycles. The van der Waals surface area contributed by atoms with Gasteiger partial charge in [0.05, 0.1) is 11.4 Å². The summed E-state index contributed by atoms with van der Waals surface area (Å²) in [4.78, 5) is 32.8. The third kappa shape index (κ3) is 3.52. The first kappa shape index (κ1) is 20.3. The van der Waals surface area contributed by atoms with Crippen molar-refractivity contribution in [1.82, 2.24) is 15.2 Å². The summed E-state index contributed by atoms with van der Waals surface area (Å²) in [6, 6.07) is 9.05. The van der Waals surface area contributed by atoms with E-state index in [1.54, 1.807) is 19.1 Å². The van der Waals surface area contributed by atoms with E-state index >= 15 is 0 Å². The van der Waals surface area contributed by atoms with Crippen LogP contribution < -0.4 is 5.32 Å². The highest BCUT2D eigenvalue weighted by atomic mass is 32.1. The number of amides is 3. The summed E-state index contributed by atoms with van der Waals surface area (Å²) in [5.74, 6) is 0.289. The second kappa shape index (κ2) is 8.02. The first-order valence-electron chi connectivity index (χ1n) is 9.85. The summed E-state index contributed by atoms with van der Waals surface area (Å²) in [5, 5.41) is 4.80. The molecule has 1 saturated heterocycles. The predicted molar refractivity (Wildman–Crippen MR) is 111 cm³/mol. The fourth-order valence-corrected chi connectivity index (χ4v) is 4.33. The van der Waals surface area contributed by atoms with E-state index in [1.807, 2.05) is 24.4 Å². The largest absolute Gasteiger partial charge is 0.440 e. The number of rotatable bonds is 7. The van der Waals surface area contributed by atoms with Crippen LogP contribution >= 0.6 is 11.3 Å². The van der Waals surface area contributed by atoms with E-state index in [2.05, 4.69) is 10.3 Å². The Labute approximate surface area is 177 Å². The number of aryl methyl sites for hydroxylation is 1. The molecule has 6 nitrogen and oxygen atoms in total. The van der Waals surface area contributed by atoms with Crippen LogP contribution in [0.25, 0.3) is 10.8 Å². The maximum Gasteiger partial charge on any atom is 0.325 e. The van der Waals surface area contributed by atoms with E-state index in [0.717, 1.165) is 17.7 Å². The molecule has 0 spiro atoms. The summed E-state index contributed by atoms with van der Waals surface area (Å²) in [7, 11) is 0. The molecule has 4 rings (SSSR count). The van der Waals surface area contributed by atoms with Crippen LogP contribution in [0.3, 0.4) is 0 Å². The average Bonchev–Trinajstić information content (AvgIpc) is 3.43. The van der Waals surface area contributed by atoms with Gasteiger partial charge in [-0.15, -0.1) is 11.3 Å². The number of nitrogens with one attached hydrogen (secondary N) is 1. The number of nitrogens with zero attached hydrogens (tertiary/aromatic N) is 2. The lowest BCUT2D eigenvalue weighted by molar-refractivity contribution is -0.132. The van der Waals surface area contributed by atoms with Gasteiger partial charge in [-0.3, -0.25) is 9.69 Å². The number of oxazole rings is 1. The van der Waals surface area contributed by atoms with E-state index in [-0.39, 0.29) is 12.5 Å².